The van der Waals surface area contributed by atoms with Gasteiger partial charge >= 0.3 is 0 Å². The van der Waals surface area contributed by atoms with Crippen molar-refractivity contribution in [3.05, 3.63) is 35.5 Å². The number of aryl methyl sites for hydroxylation is 1. The summed E-state index contributed by atoms with van der Waals surface area (Å²) in [5.41, 5.74) is 2.33. The number of carbonyl (C=O) groups is 2. The number of Topliss-reactive ketones (excluding diaryl/α,β-unsaturated/α-hetero) is 1. The van der Waals surface area contributed by atoms with E-state index in [2.05, 4.69) is 12.2 Å². The Kier molecular flexibility index (Phi) is 5.77. The van der Waals surface area contributed by atoms with E-state index < -0.39 is 11.7 Å². The Morgan fingerprint density at radius 3 is 2.81 bits per heavy atom. The summed E-state index contributed by atoms with van der Waals surface area (Å²) < 4.78 is 1.97. The Morgan fingerprint density at radius 1 is 1.27 bits per heavy atom. The molecule has 140 valence electrons. The maximum Gasteiger partial charge on any atom is 0.292 e. The summed E-state index contributed by atoms with van der Waals surface area (Å²) in [5.74, 6) is -0.927. The van der Waals surface area contributed by atoms with Crippen molar-refractivity contribution >= 4 is 22.6 Å². The normalized spacial score (nSPS) is 20.3. The molecule has 2 atom stereocenters. The van der Waals surface area contributed by atoms with Crippen molar-refractivity contribution in [3.63, 3.8) is 0 Å². The van der Waals surface area contributed by atoms with E-state index in [1.807, 2.05) is 42.8 Å². The van der Waals surface area contributed by atoms with Gasteiger partial charge in [-0.3, -0.25) is 9.59 Å². The van der Waals surface area contributed by atoms with Gasteiger partial charge < -0.3 is 14.8 Å². The van der Waals surface area contributed by atoms with Crippen LogP contribution in [0.3, 0.4) is 0 Å². The number of benzene rings is 1. The molecule has 1 aliphatic heterocycles. The van der Waals surface area contributed by atoms with E-state index >= 15 is 0 Å². The lowest BCUT2D eigenvalue weighted by molar-refractivity contribution is -0.928. The molecule has 2 aromatic rings. The standard InChI is InChI=1S/C21H29N3O2/c1-15-9-6-7-13-24(15)14-8-12-22-21(26)20(25)19-16(2)23(3)18-11-5-4-10-17(18)19/h4-5,10-11,15H,6-9,12-14H2,1-3H3,(H,22,26)/p+1/t15-/m0/s1. The number of para-hydroxylation sites is 1. The van der Waals surface area contributed by atoms with Crippen LogP contribution in [0.5, 0.6) is 0 Å². The fourth-order valence-corrected chi connectivity index (χ4v) is 4.14. The molecule has 1 aliphatic rings. The van der Waals surface area contributed by atoms with Gasteiger partial charge in [-0.05, 0) is 39.2 Å². The van der Waals surface area contributed by atoms with Gasteiger partial charge in [0.2, 0.25) is 0 Å². The van der Waals surface area contributed by atoms with Crippen LogP contribution in [0.1, 0.15) is 48.7 Å². The molecule has 26 heavy (non-hydrogen) atoms. The summed E-state index contributed by atoms with van der Waals surface area (Å²) in [6, 6.07) is 8.43. The molecule has 0 bridgehead atoms. The second-order valence-corrected chi connectivity index (χ2v) is 7.53. The van der Waals surface area contributed by atoms with Crippen LogP contribution < -0.4 is 10.2 Å². The molecule has 2 heterocycles. The third kappa shape index (κ3) is 3.68. The largest absolute Gasteiger partial charge is 0.349 e. The Hall–Kier alpha value is -2.14. The monoisotopic (exact) mass is 356 g/mol. The third-order valence-electron chi connectivity index (χ3n) is 5.88. The van der Waals surface area contributed by atoms with Crippen molar-refractivity contribution in [3.8, 4) is 0 Å². The highest BCUT2D eigenvalue weighted by atomic mass is 16.2. The van der Waals surface area contributed by atoms with Crippen molar-refractivity contribution in [2.45, 2.75) is 45.6 Å². The lowest BCUT2D eigenvalue weighted by atomic mass is 10.0. The predicted octanol–water partition coefficient (Wildman–Crippen LogP) is 1.63. The Balaban J connectivity index is 1.59. The zero-order valence-corrected chi connectivity index (χ0v) is 16.1. The predicted molar refractivity (Wildman–Crippen MR) is 104 cm³/mol. The average molecular weight is 356 g/mol. The highest BCUT2D eigenvalue weighted by Crippen LogP contribution is 2.25. The average Bonchev–Trinajstić information content (AvgIpc) is 2.90. The molecule has 1 aromatic heterocycles. The second kappa shape index (κ2) is 8.04. The van der Waals surface area contributed by atoms with E-state index in [1.54, 1.807) is 4.90 Å². The SMILES string of the molecule is Cc1c(C(=O)C(=O)NCCC[NH+]2CCCC[C@@H]2C)c2ccccc2n1C. The zero-order chi connectivity index (χ0) is 18.7. The first kappa shape index (κ1) is 18.6. The fraction of sp³-hybridized carbons (Fsp3) is 0.524. The Morgan fingerprint density at radius 2 is 2.04 bits per heavy atom. The minimum absolute atomic E-state index is 0.432. The van der Waals surface area contributed by atoms with E-state index in [9.17, 15) is 9.59 Å². The molecule has 0 saturated carbocycles. The van der Waals surface area contributed by atoms with Crippen molar-refractivity contribution < 1.29 is 14.5 Å². The summed E-state index contributed by atoms with van der Waals surface area (Å²) in [5, 5.41) is 3.67. The number of amides is 1. The fourth-order valence-electron chi connectivity index (χ4n) is 4.14. The molecule has 5 nitrogen and oxygen atoms in total. The van der Waals surface area contributed by atoms with Crippen molar-refractivity contribution in [2.24, 2.45) is 7.05 Å². The molecule has 0 spiro atoms. The van der Waals surface area contributed by atoms with Crippen LogP contribution in [0.4, 0.5) is 0 Å². The summed E-state index contributed by atoms with van der Waals surface area (Å²) in [6.07, 6.45) is 4.83. The van der Waals surface area contributed by atoms with Crippen LogP contribution in [0.15, 0.2) is 24.3 Å². The smallest absolute Gasteiger partial charge is 0.292 e. The Bertz CT molecular complexity index is 809. The van der Waals surface area contributed by atoms with Gasteiger partial charge in [-0.25, -0.2) is 0 Å². The number of aromatic nitrogens is 1. The minimum atomic E-state index is -0.494. The van der Waals surface area contributed by atoms with Crippen LogP contribution in [0.25, 0.3) is 10.9 Å². The van der Waals surface area contributed by atoms with Gasteiger partial charge in [-0.2, -0.15) is 0 Å². The number of likely N-dealkylation sites (tertiary alicyclic amines) is 1. The van der Waals surface area contributed by atoms with E-state index in [0.717, 1.165) is 29.6 Å². The molecular formula is C21H30N3O2+. The molecular weight excluding hydrogens is 326 g/mol. The lowest BCUT2D eigenvalue weighted by Gasteiger charge is -2.30. The van der Waals surface area contributed by atoms with E-state index in [-0.39, 0.29) is 0 Å². The van der Waals surface area contributed by atoms with E-state index in [1.165, 1.54) is 25.8 Å². The van der Waals surface area contributed by atoms with Crippen LogP contribution in [-0.4, -0.2) is 41.9 Å². The quantitative estimate of drug-likeness (QED) is 0.470. The first-order valence-electron chi connectivity index (χ1n) is 9.71. The molecule has 1 fully saturated rings. The summed E-state index contributed by atoms with van der Waals surface area (Å²) in [4.78, 5) is 26.7. The maximum atomic E-state index is 12.7. The number of hydrogen-bond acceptors (Lipinski definition) is 2. The first-order chi connectivity index (χ1) is 12.5. The van der Waals surface area contributed by atoms with Crippen LogP contribution in [-0.2, 0) is 11.8 Å². The molecule has 5 heteroatoms. The molecule has 2 N–H and O–H groups in total. The number of quaternary nitrogens is 1. The second-order valence-electron chi connectivity index (χ2n) is 7.53. The molecule has 0 aliphatic carbocycles. The molecule has 1 saturated heterocycles. The van der Waals surface area contributed by atoms with Gasteiger partial charge in [0.05, 0.1) is 24.7 Å². The van der Waals surface area contributed by atoms with Gasteiger partial charge in [0.25, 0.3) is 11.7 Å². The van der Waals surface area contributed by atoms with Crippen LogP contribution in [0.2, 0.25) is 0 Å². The van der Waals surface area contributed by atoms with Crippen LogP contribution in [0, 0.1) is 6.92 Å². The number of rotatable bonds is 6. The first-order valence-corrected chi connectivity index (χ1v) is 9.71. The summed E-state index contributed by atoms with van der Waals surface area (Å²) in [6.45, 7) is 7.04. The lowest BCUT2D eigenvalue weighted by Crippen LogP contribution is -3.16. The number of nitrogens with zero attached hydrogens (tertiary/aromatic N) is 1. The third-order valence-corrected chi connectivity index (χ3v) is 5.88. The van der Waals surface area contributed by atoms with Gasteiger partial charge in [-0.15, -0.1) is 0 Å². The summed E-state index contributed by atoms with van der Waals surface area (Å²) in [7, 11) is 1.93. The Labute approximate surface area is 155 Å². The zero-order valence-electron chi connectivity index (χ0n) is 16.1. The maximum absolute atomic E-state index is 12.7. The van der Waals surface area contributed by atoms with Gasteiger partial charge in [0.1, 0.15) is 0 Å². The number of fused-ring (bicyclic) bond motifs is 1. The number of carbonyl (C=O) groups excluding carboxylic acids is 2. The van der Waals surface area contributed by atoms with E-state index in [4.69, 9.17) is 0 Å². The van der Waals surface area contributed by atoms with E-state index in [0.29, 0.717) is 18.2 Å². The molecule has 1 unspecified atom stereocenters. The van der Waals surface area contributed by atoms with Gasteiger partial charge in [-0.1, -0.05) is 18.2 Å². The minimum Gasteiger partial charge on any atom is -0.349 e. The molecule has 3 rings (SSSR count). The summed E-state index contributed by atoms with van der Waals surface area (Å²) >= 11 is 0. The highest BCUT2D eigenvalue weighted by Gasteiger charge is 2.24. The van der Waals surface area contributed by atoms with Crippen molar-refractivity contribution in [1.29, 1.82) is 0 Å². The molecule has 0 radical (unpaired) electrons. The van der Waals surface area contributed by atoms with Gasteiger partial charge in [0, 0.05) is 36.6 Å². The highest BCUT2D eigenvalue weighted by molar-refractivity contribution is 6.45. The van der Waals surface area contributed by atoms with Gasteiger partial charge in [0.15, 0.2) is 0 Å². The topological polar surface area (TPSA) is 55.5 Å². The number of hydrogen-bond donors (Lipinski definition) is 2. The molecule has 1 amide bonds. The van der Waals surface area contributed by atoms with Crippen molar-refractivity contribution in [2.75, 3.05) is 19.6 Å². The number of ketones is 1. The van der Waals surface area contributed by atoms with Crippen LogP contribution >= 0.6 is 0 Å². The molecule has 1 aromatic carbocycles. The van der Waals surface area contributed by atoms with Crippen molar-refractivity contribution in [1.82, 2.24) is 9.88 Å². The number of nitrogens with one attached hydrogen (secondary N) is 2. The number of piperidine rings is 1.